The number of nitrogens with one attached hydrogen (secondary N) is 1. The highest BCUT2D eigenvalue weighted by Gasteiger charge is 2.34. The Balaban J connectivity index is 2.04. The number of aromatic nitrogens is 1. The van der Waals surface area contributed by atoms with Crippen molar-refractivity contribution in [2.24, 2.45) is 5.73 Å². The van der Waals surface area contributed by atoms with Crippen molar-refractivity contribution in [3.05, 3.63) is 23.9 Å². The third kappa shape index (κ3) is 2.38. The molecule has 2 unspecified atom stereocenters. The topological polar surface area (TPSA) is 50.9 Å². The minimum atomic E-state index is -4.33. The number of nitrogens with zero attached hydrogens (tertiary/aromatic N) is 1. The van der Waals surface area contributed by atoms with E-state index in [1.54, 1.807) is 0 Å². The summed E-state index contributed by atoms with van der Waals surface area (Å²) >= 11 is 0. The Morgan fingerprint density at radius 1 is 1.40 bits per heavy atom. The molecule has 0 saturated heterocycles. The molecule has 2 atom stereocenters. The highest BCUT2D eigenvalue weighted by molar-refractivity contribution is 5.39. The summed E-state index contributed by atoms with van der Waals surface area (Å²) in [6.45, 7) is 0. The lowest BCUT2D eigenvalue weighted by atomic mass is 10.3. The number of rotatable bonds is 2. The molecule has 3 N–H and O–H groups in total. The van der Waals surface area contributed by atoms with Gasteiger partial charge in [-0.15, -0.1) is 0 Å². The predicted molar refractivity (Wildman–Crippen MR) is 49.2 cm³/mol. The van der Waals surface area contributed by atoms with Gasteiger partial charge < -0.3 is 11.1 Å². The molecule has 1 aromatic rings. The fraction of sp³-hybridized carbons (Fsp3) is 0.444. The monoisotopic (exact) mass is 217 g/mol. The first-order valence-corrected chi connectivity index (χ1v) is 4.52. The van der Waals surface area contributed by atoms with E-state index in [4.69, 9.17) is 5.73 Å². The van der Waals surface area contributed by atoms with Crippen LogP contribution in [0.25, 0.3) is 0 Å². The van der Waals surface area contributed by atoms with Gasteiger partial charge >= 0.3 is 6.18 Å². The van der Waals surface area contributed by atoms with Gasteiger partial charge in [0.15, 0.2) is 0 Å². The van der Waals surface area contributed by atoms with Crippen molar-refractivity contribution in [2.75, 3.05) is 5.32 Å². The number of hydrogen-bond acceptors (Lipinski definition) is 3. The first-order valence-electron chi connectivity index (χ1n) is 4.52. The number of anilines is 1. The second-order valence-electron chi connectivity index (χ2n) is 3.58. The Hall–Kier alpha value is -1.30. The van der Waals surface area contributed by atoms with Crippen molar-refractivity contribution in [1.82, 2.24) is 4.98 Å². The Morgan fingerprint density at radius 3 is 2.47 bits per heavy atom. The van der Waals surface area contributed by atoms with E-state index in [1.807, 2.05) is 0 Å². The van der Waals surface area contributed by atoms with E-state index < -0.39 is 11.7 Å². The molecule has 1 aliphatic carbocycles. The van der Waals surface area contributed by atoms with Crippen LogP contribution in [0.1, 0.15) is 12.0 Å². The largest absolute Gasteiger partial charge is 0.417 e. The Kier molecular flexibility index (Phi) is 2.30. The molecule has 0 aromatic carbocycles. The molecular weight excluding hydrogens is 207 g/mol. The first kappa shape index (κ1) is 10.2. The van der Waals surface area contributed by atoms with E-state index in [9.17, 15) is 13.2 Å². The maximum Gasteiger partial charge on any atom is 0.417 e. The van der Waals surface area contributed by atoms with Crippen LogP contribution in [0.2, 0.25) is 0 Å². The number of halogens is 3. The van der Waals surface area contributed by atoms with E-state index in [0.717, 1.165) is 18.7 Å². The second kappa shape index (κ2) is 3.37. The molecule has 1 aromatic heterocycles. The lowest BCUT2D eigenvalue weighted by Gasteiger charge is -2.07. The number of pyridine rings is 1. The minimum absolute atomic E-state index is 0.0918. The Labute approximate surface area is 84.5 Å². The third-order valence-corrected chi connectivity index (χ3v) is 2.26. The zero-order valence-electron chi connectivity index (χ0n) is 7.75. The van der Waals surface area contributed by atoms with Gasteiger partial charge in [-0.1, -0.05) is 0 Å². The quantitative estimate of drug-likeness (QED) is 0.791. The molecule has 6 heteroatoms. The zero-order valence-corrected chi connectivity index (χ0v) is 7.75. The SMILES string of the molecule is NC1CC1Nc1ccc(C(F)(F)F)cn1. The zero-order chi connectivity index (χ0) is 11.1. The van der Waals surface area contributed by atoms with Gasteiger partial charge in [-0.25, -0.2) is 4.98 Å². The summed E-state index contributed by atoms with van der Waals surface area (Å²) in [5.74, 6) is 0.431. The van der Waals surface area contributed by atoms with E-state index in [1.165, 1.54) is 6.07 Å². The summed E-state index contributed by atoms with van der Waals surface area (Å²) in [6, 6.07) is 2.56. The van der Waals surface area contributed by atoms with Crippen LogP contribution in [0.4, 0.5) is 19.0 Å². The molecule has 0 bridgehead atoms. The van der Waals surface area contributed by atoms with Crippen LogP contribution in [0.15, 0.2) is 18.3 Å². The average molecular weight is 217 g/mol. The molecular formula is C9H10F3N3. The highest BCUT2D eigenvalue weighted by atomic mass is 19.4. The van der Waals surface area contributed by atoms with Gasteiger partial charge in [0.25, 0.3) is 0 Å². The normalized spacial score (nSPS) is 25.1. The number of alkyl halides is 3. The van der Waals surface area contributed by atoms with Crippen molar-refractivity contribution >= 4 is 5.82 Å². The van der Waals surface area contributed by atoms with Crippen molar-refractivity contribution in [2.45, 2.75) is 24.7 Å². The number of nitrogens with two attached hydrogens (primary N) is 1. The molecule has 3 nitrogen and oxygen atoms in total. The molecule has 0 amide bonds. The van der Waals surface area contributed by atoms with E-state index >= 15 is 0 Å². The molecule has 0 radical (unpaired) electrons. The molecule has 15 heavy (non-hydrogen) atoms. The molecule has 82 valence electrons. The maximum absolute atomic E-state index is 12.2. The van der Waals surface area contributed by atoms with Crippen molar-refractivity contribution < 1.29 is 13.2 Å². The minimum Gasteiger partial charge on any atom is -0.366 e. The molecule has 2 rings (SSSR count). The van der Waals surface area contributed by atoms with Gasteiger partial charge in [-0.05, 0) is 18.6 Å². The number of hydrogen-bond donors (Lipinski definition) is 2. The lowest BCUT2D eigenvalue weighted by Crippen LogP contribution is -2.14. The van der Waals surface area contributed by atoms with Gasteiger partial charge in [0.1, 0.15) is 5.82 Å². The fourth-order valence-corrected chi connectivity index (χ4v) is 1.22. The molecule has 1 aliphatic rings. The molecule has 0 aliphatic heterocycles. The highest BCUT2D eigenvalue weighted by Crippen LogP contribution is 2.29. The third-order valence-electron chi connectivity index (χ3n) is 2.26. The maximum atomic E-state index is 12.2. The van der Waals surface area contributed by atoms with Crippen molar-refractivity contribution in [3.63, 3.8) is 0 Å². The van der Waals surface area contributed by atoms with Crippen LogP contribution < -0.4 is 11.1 Å². The summed E-state index contributed by atoms with van der Waals surface area (Å²) in [7, 11) is 0. The van der Waals surface area contributed by atoms with Gasteiger partial charge in [0, 0.05) is 18.3 Å². The average Bonchev–Trinajstić information content (AvgIpc) is 2.81. The summed E-state index contributed by atoms with van der Waals surface area (Å²) in [5.41, 5.74) is 4.80. The molecule has 0 spiro atoms. The Bertz CT molecular complexity index is 347. The fourth-order valence-electron chi connectivity index (χ4n) is 1.22. The second-order valence-corrected chi connectivity index (χ2v) is 3.58. The van der Waals surface area contributed by atoms with Crippen LogP contribution in [0.5, 0.6) is 0 Å². The van der Waals surface area contributed by atoms with E-state index in [2.05, 4.69) is 10.3 Å². The van der Waals surface area contributed by atoms with Crippen LogP contribution in [0, 0.1) is 0 Å². The van der Waals surface area contributed by atoms with Gasteiger partial charge in [0.05, 0.1) is 5.56 Å². The van der Waals surface area contributed by atoms with Crippen LogP contribution in [-0.4, -0.2) is 17.1 Å². The van der Waals surface area contributed by atoms with Gasteiger partial charge in [-0.3, -0.25) is 0 Å². The molecule has 1 heterocycles. The van der Waals surface area contributed by atoms with Crippen LogP contribution in [0.3, 0.4) is 0 Å². The van der Waals surface area contributed by atoms with E-state index in [0.29, 0.717) is 5.82 Å². The van der Waals surface area contributed by atoms with E-state index in [-0.39, 0.29) is 12.1 Å². The van der Waals surface area contributed by atoms with Crippen LogP contribution in [-0.2, 0) is 6.18 Å². The summed E-state index contributed by atoms with van der Waals surface area (Å²) in [6.07, 6.45) is -2.68. The van der Waals surface area contributed by atoms with Crippen molar-refractivity contribution in [1.29, 1.82) is 0 Å². The predicted octanol–water partition coefficient (Wildman–Crippen LogP) is 1.61. The Morgan fingerprint density at radius 2 is 2.07 bits per heavy atom. The van der Waals surface area contributed by atoms with Gasteiger partial charge in [0.2, 0.25) is 0 Å². The lowest BCUT2D eigenvalue weighted by molar-refractivity contribution is -0.137. The smallest absolute Gasteiger partial charge is 0.366 e. The summed E-state index contributed by atoms with van der Waals surface area (Å²) in [5, 5.41) is 2.94. The first-order chi connectivity index (χ1) is 6.97. The van der Waals surface area contributed by atoms with Crippen molar-refractivity contribution in [3.8, 4) is 0 Å². The van der Waals surface area contributed by atoms with Gasteiger partial charge in [-0.2, -0.15) is 13.2 Å². The molecule has 1 saturated carbocycles. The summed E-state index contributed by atoms with van der Waals surface area (Å²) < 4.78 is 36.5. The van der Waals surface area contributed by atoms with Crippen LogP contribution >= 0.6 is 0 Å². The summed E-state index contributed by atoms with van der Waals surface area (Å²) in [4.78, 5) is 3.67. The molecule has 1 fully saturated rings. The standard InChI is InChI=1S/C9H10F3N3/c10-9(11,12)5-1-2-8(14-4-5)15-7-3-6(7)13/h1-2,4,6-7H,3,13H2,(H,14,15).